The molecule has 15 heavy (non-hydrogen) atoms. The van der Waals surface area contributed by atoms with Crippen LogP contribution in [0.2, 0.25) is 0 Å². The maximum atomic E-state index is 11.3. The number of aliphatic hydroxyl groups excluding tert-OH is 1. The molecule has 0 heterocycles. The summed E-state index contributed by atoms with van der Waals surface area (Å²) in [7, 11) is 0. The molecule has 0 aromatic heterocycles. The van der Waals surface area contributed by atoms with Crippen molar-refractivity contribution in [2.45, 2.75) is 45.4 Å². The van der Waals surface area contributed by atoms with Crippen molar-refractivity contribution in [3.05, 3.63) is 0 Å². The highest BCUT2D eigenvalue weighted by molar-refractivity contribution is 5.75. The van der Waals surface area contributed by atoms with Crippen LogP contribution in [-0.4, -0.2) is 24.2 Å². The lowest BCUT2D eigenvalue weighted by Crippen LogP contribution is -2.31. The van der Waals surface area contributed by atoms with Crippen LogP contribution < -0.4 is 5.32 Å². The number of aliphatic hydroxyl groups is 1. The van der Waals surface area contributed by atoms with Crippen molar-refractivity contribution in [3.8, 4) is 0 Å². The Kier molecular flexibility index (Phi) is 5.69. The van der Waals surface area contributed by atoms with Gasteiger partial charge in [0.15, 0.2) is 0 Å². The smallest absolute Gasteiger partial charge is 0.220 e. The zero-order valence-electron chi connectivity index (χ0n) is 9.67. The molecule has 1 fully saturated rings. The summed E-state index contributed by atoms with van der Waals surface area (Å²) in [5.74, 6) is 1.63. The first-order valence-electron chi connectivity index (χ1n) is 6.10. The molecule has 2 N–H and O–H groups in total. The Hall–Kier alpha value is -0.570. The zero-order chi connectivity index (χ0) is 11.1. The summed E-state index contributed by atoms with van der Waals surface area (Å²) < 4.78 is 0. The Balaban J connectivity index is 2.06. The van der Waals surface area contributed by atoms with Crippen LogP contribution in [0.15, 0.2) is 0 Å². The van der Waals surface area contributed by atoms with E-state index in [1.165, 1.54) is 25.7 Å². The van der Waals surface area contributed by atoms with Crippen LogP contribution in [0.5, 0.6) is 0 Å². The molecule has 0 saturated heterocycles. The minimum Gasteiger partial charge on any atom is -0.396 e. The van der Waals surface area contributed by atoms with Crippen molar-refractivity contribution in [2.75, 3.05) is 13.2 Å². The van der Waals surface area contributed by atoms with Gasteiger partial charge >= 0.3 is 0 Å². The molecule has 1 rings (SSSR count). The Morgan fingerprint density at radius 3 is 2.60 bits per heavy atom. The van der Waals surface area contributed by atoms with Crippen molar-refractivity contribution in [1.82, 2.24) is 5.32 Å². The van der Waals surface area contributed by atoms with Gasteiger partial charge in [0, 0.05) is 19.6 Å². The largest absolute Gasteiger partial charge is 0.396 e. The summed E-state index contributed by atoms with van der Waals surface area (Å²) in [6.45, 7) is 3.24. The van der Waals surface area contributed by atoms with Crippen LogP contribution in [0.4, 0.5) is 0 Å². The fourth-order valence-corrected chi connectivity index (χ4v) is 2.12. The number of carbonyl (C=O) groups excluding carboxylic acids is 1. The Labute approximate surface area is 92.3 Å². The highest BCUT2D eigenvalue weighted by Crippen LogP contribution is 2.27. The van der Waals surface area contributed by atoms with Crippen LogP contribution in [0.1, 0.15) is 45.4 Å². The van der Waals surface area contributed by atoms with Crippen molar-refractivity contribution < 1.29 is 9.90 Å². The minimum atomic E-state index is 0.0858. The van der Waals surface area contributed by atoms with Gasteiger partial charge in [0.25, 0.3) is 0 Å². The van der Waals surface area contributed by atoms with Gasteiger partial charge in [-0.3, -0.25) is 4.79 Å². The van der Waals surface area contributed by atoms with Crippen LogP contribution in [-0.2, 0) is 4.79 Å². The molecule has 0 radical (unpaired) electrons. The second-order valence-corrected chi connectivity index (χ2v) is 4.76. The third kappa shape index (κ3) is 5.17. The van der Waals surface area contributed by atoms with E-state index in [9.17, 15) is 4.79 Å². The van der Waals surface area contributed by atoms with E-state index in [2.05, 4.69) is 12.2 Å². The van der Waals surface area contributed by atoms with Gasteiger partial charge in [-0.15, -0.1) is 0 Å². The fourth-order valence-electron chi connectivity index (χ4n) is 2.12. The third-order valence-corrected chi connectivity index (χ3v) is 3.29. The lowest BCUT2D eigenvalue weighted by atomic mass is 9.83. The van der Waals surface area contributed by atoms with Gasteiger partial charge in [0.05, 0.1) is 0 Å². The van der Waals surface area contributed by atoms with Crippen LogP contribution in [0.3, 0.4) is 0 Å². The molecule has 0 aromatic carbocycles. The van der Waals surface area contributed by atoms with E-state index >= 15 is 0 Å². The molecule has 0 atom stereocenters. The lowest BCUT2D eigenvalue weighted by molar-refractivity contribution is -0.121. The molecule has 3 nitrogen and oxygen atoms in total. The summed E-state index contributed by atoms with van der Waals surface area (Å²) in [4.78, 5) is 11.3. The molecular weight excluding hydrogens is 190 g/mol. The van der Waals surface area contributed by atoms with E-state index < -0.39 is 0 Å². The lowest BCUT2D eigenvalue weighted by Gasteiger charge is -2.26. The molecule has 1 aliphatic carbocycles. The van der Waals surface area contributed by atoms with E-state index in [0.717, 1.165) is 12.5 Å². The molecule has 0 unspecified atom stereocenters. The van der Waals surface area contributed by atoms with Crippen molar-refractivity contribution >= 4 is 5.91 Å². The molecule has 0 aromatic rings. The van der Waals surface area contributed by atoms with Crippen molar-refractivity contribution in [3.63, 3.8) is 0 Å². The van der Waals surface area contributed by atoms with Gasteiger partial charge in [0.2, 0.25) is 5.91 Å². The van der Waals surface area contributed by atoms with Crippen molar-refractivity contribution in [2.24, 2.45) is 11.8 Å². The number of rotatable bonds is 5. The topological polar surface area (TPSA) is 49.3 Å². The molecule has 3 heteroatoms. The van der Waals surface area contributed by atoms with E-state index in [1.807, 2.05) is 0 Å². The molecule has 0 aliphatic heterocycles. The first-order chi connectivity index (χ1) is 7.22. The number of nitrogens with one attached hydrogen (secondary N) is 1. The van der Waals surface area contributed by atoms with Crippen molar-refractivity contribution in [1.29, 1.82) is 0 Å². The quantitative estimate of drug-likeness (QED) is 0.730. The normalized spacial score (nSPS) is 26.3. The average Bonchev–Trinajstić information content (AvgIpc) is 2.25. The summed E-state index contributed by atoms with van der Waals surface area (Å²) in [6.07, 6.45) is 6.14. The predicted octanol–water partition coefficient (Wildman–Crippen LogP) is 1.70. The standard InChI is InChI=1S/C12H23NO2/c1-10-4-6-11(7-5-10)9-13-12(15)3-2-8-14/h10-11,14H,2-9H2,1H3,(H,13,15). The SMILES string of the molecule is CC1CCC(CNC(=O)CCCO)CC1. The monoisotopic (exact) mass is 213 g/mol. The first-order valence-corrected chi connectivity index (χ1v) is 6.10. The van der Waals surface area contributed by atoms with Crippen LogP contribution in [0.25, 0.3) is 0 Å². The molecule has 1 aliphatic rings. The highest BCUT2D eigenvalue weighted by atomic mass is 16.3. The Bertz CT molecular complexity index is 186. The minimum absolute atomic E-state index is 0.0858. The zero-order valence-corrected chi connectivity index (χ0v) is 9.67. The molecule has 88 valence electrons. The fraction of sp³-hybridized carbons (Fsp3) is 0.917. The maximum Gasteiger partial charge on any atom is 0.220 e. The van der Waals surface area contributed by atoms with E-state index in [0.29, 0.717) is 18.8 Å². The summed E-state index contributed by atoms with van der Waals surface area (Å²) in [5.41, 5.74) is 0. The number of carbonyl (C=O) groups is 1. The number of hydrogen-bond acceptors (Lipinski definition) is 2. The molecule has 0 bridgehead atoms. The second-order valence-electron chi connectivity index (χ2n) is 4.76. The van der Waals surface area contributed by atoms with Gasteiger partial charge in [-0.1, -0.05) is 19.8 Å². The average molecular weight is 213 g/mol. The number of hydrogen-bond donors (Lipinski definition) is 2. The second kappa shape index (κ2) is 6.83. The van der Waals surface area contributed by atoms with E-state index in [-0.39, 0.29) is 12.5 Å². The molecule has 1 saturated carbocycles. The van der Waals surface area contributed by atoms with Gasteiger partial charge in [0.1, 0.15) is 0 Å². The summed E-state index contributed by atoms with van der Waals surface area (Å²) >= 11 is 0. The van der Waals surface area contributed by atoms with E-state index in [1.54, 1.807) is 0 Å². The van der Waals surface area contributed by atoms with Gasteiger partial charge < -0.3 is 10.4 Å². The molecule has 1 amide bonds. The van der Waals surface area contributed by atoms with Crippen LogP contribution in [0, 0.1) is 11.8 Å². The summed E-state index contributed by atoms with van der Waals surface area (Å²) in [6, 6.07) is 0. The Morgan fingerprint density at radius 2 is 2.00 bits per heavy atom. The van der Waals surface area contributed by atoms with Gasteiger partial charge in [-0.2, -0.15) is 0 Å². The van der Waals surface area contributed by atoms with E-state index in [4.69, 9.17) is 5.11 Å². The predicted molar refractivity (Wildman–Crippen MR) is 60.5 cm³/mol. The van der Waals surface area contributed by atoms with Gasteiger partial charge in [-0.25, -0.2) is 0 Å². The summed E-state index contributed by atoms with van der Waals surface area (Å²) in [5, 5.41) is 11.5. The third-order valence-electron chi connectivity index (χ3n) is 3.29. The molecule has 0 spiro atoms. The maximum absolute atomic E-state index is 11.3. The first kappa shape index (κ1) is 12.5. The Morgan fingerprint density at radius 1 is 1.33 bits per heavy atom. The number of amides is 1. The van der Waals surface area contributed by atoms with Gasteiger partial charge in [-0.05, 0) is 31.1 Å². The highest BCUT2D eigenvalue weighted by Gasteiger charge is 2.18. The van der Waals surface area contributed by atoms with Crippen LogP contribution >= 0.6 is 0 Å². The molecular formula is C12H23NO2.